The van der Waals surface area contributed by atoms with Gasteiger partial charge in [-0.05, 0) is 57.3 Å². The van der Waals surface area contributed by atoms with Gasteiger partial charge >= 0.3 is 0 Å². The topological polar surface area (TPSA) is 185 Å². The number of phenolic OH excluding ortho intramolecular Hbond substituents is 1. The van der Waals surface area contributed by atoms with E-state index in [2.05, 4.69) is 0 Å². The number of benzene rings is 1. The van der Waals surface area contributed by atoms with Gasteiger partial charge in [-0.3, -0.25) is 24.1 Å². The van der Waals surface area contributed by atoms with E-state index in [9.17, 15) is 39.6 Å². The van der Waals surface area contributed by atoms with Crippen molar-refractivity contribution in [1.82, 2.24) is 9.80 Å². The molecule has 226 valence electrons. The molecule has 1 saturated carbocycles. The first-order valence-corrected chi connectivity index (χ1v) is 14.2. The first kappa shape index (κ1) is 29.6. The molecule has 5 rings (SSSR count). The Labute approximate surface area is 243 Å². The number of carbonyl (C=O) groups excluding carboxylic acids is 4. The summed E-state index contributed by atoms with van der Waals surface area (Å²) >= 11 is 0. The van der Waals surface area contributed by atoms with Crippen LogP contribution in [0.3, 0.4) is 0 Å². The number of anilines is 1. The zero-order chi connectivity index (χ0) is 30.8. The number of aliphatic hydroxyl groups is 3. The molecule has 0 bridgehead atoms. The number of nitrogens with zero attached hydrogens (tertiary/aromatic N) is 3. The second-order valence-corrected chi connectivity index (χ2v) is 12.2. The van der Waals surface area contributed by atoms with Gasteiger partial charge in [0.2, 0.25) is 5.78 Å². The number of Topliss-reactive ketones (excluding diaryl/α,β-unsaturated/α-hetero) is 2. The van der Waals surface area contributed by atoms with E-state index in [1.54, 1.807) is 44.1 Å². The Bertz CT molecular complexity index is 1450. The summed E-state index contributed by atoms with van der Waals surface area (Å²) in [5.41, 5.74) is 2.54. The number of nitrogens with two attached hydrogens (primary N) is 1. The van der Waals surface area contributed by atoms with Crippen molar-refractivity contribution >= 4 is 34.8 Å². The quantitative estimate of drug-likeness (QED) is 0.321. The summed E-state index contributed by atoms with van der Waals surface area (Å²) in [5.74, 6) is -7.64. The van der Waals surface area contributed by atoms with Crippen LogP contribution in [-0.4, -0.2) is 107 Å². The molecule has 1 aromatic carbocycles. The molecular weight excluding hydrogens is 544 g/mol. The standard InChI is InChI=1S/C30H38N4O8/c1-32(2)18-13-16(29(41)34-9-7-5-6-8-10-34)23(35)20-15(18)11-14-12-17-22(33(3)4)25(37)21(28(31)40)27(39)30(17,42)26(38)19(14)24(20)36/h13-14,17,22,35-36,39,42H,5-12H2,1-4H3,(H2,31,40)/t14-,17-,22-,30-/m0/s1. The third-order valence-electron chi connectivity index (χ3n) is 9.30. The van der Waals surface area contributed by atoms with Crippen molar-refractivity contribution in [2.75, 3.05) is 46.2 Å². The summed E-state index contributed by atoms with van der Waals surface area (Å²) in [6.45, 7) is 1.07. The average Bonchev–Trinajstić information content (AvgIpc) is 3.19. The third kappa shape index (κ3) is 4.18. The number of likely N-dealkylation sites (N-methyl/N-ethyl adjacent to an activating group) is 1. The van der Waals surface area contributed by atoms with Gasteiger partial charge in [-0.15, -0.1) is 0 Å². The van der Waals surface area contributed by atoms with E-state index in [4.69, 9.17) is 5.73 Å². The molecule has 6 N–H and O–H groups in total. The first-order chi connectivity index (χ1) is 19.7. The lowest BCUT2D eigenvalue weighted by Gasteiger charge is -2.50. The predicted molar refractivity (Wildman–Crippen MR) is 153 cm³/mol. The van der Waals surface area contributed by atoms with Crippen LogP contribution < -0.4 is 10.6 Å². The highest BCUT2D eigenvalue weighted by molar-refractivity contribution is 6.24. The summed E-state index contributed by atoms with van der Waals surface area (Å²) in [7, 11) is 6.64. The molecular formula is C30H38N4O8. The summed E-state index contributed by atoms with van der Waals surface area (Å²) in [6.07, 6.45) is 3.82. The van der Waals surface area contributed by atoms with Gasteiger partial charge in [-0.25, -0.2) is 0 Å². The number of hydrogen-bond acceptors (Lipinski definition) is 10. The number of amides is 2. The zero-order valence-corrected chi connectivity index (χ0v) is 24.3. The van der Waals surface area contributed by atoms with E-state index in [-0.39, 0.29) is 35.4 Å². The van der Waals surface area contributed by atoms with Crippen LogP contribution in [-0.2, 0) is 20.8 Å². The maximum Gasteiger partial charge on any atom is 0.257 e. The molecule has 4 atom stereocenters. The van der Waals surface area contributed by atoms with Gasteiger partial charge < -0.3 is 36.0 Å². The second-order valence-electron chi connectivity index (χ2n) is 12.2. The van der Waals surface area contributed by atoms with Gasteiger partial charge in [0, 0.05) is 44.4 Å². The fourth-order valence-corrected chi connectivity index (χ4v) is 7.30. The van der Waals surface area contributed by atoms with Crippen molar-refractivity contribution in [1.29, 1.82) is 0 Å². The number of fused-ring (bicyclic) bond motifs is 3. The van der Waals surface area contributed by atoms with Gasteiger partial charge in [0.15, 0.2) is 11.4 Å². The fourth-order valence-electron chi connectivity index (χ4n) is 7.30. The number of rotatable bonds is 4. The minimum absolute atomic E-state index is 0.00610. The first-order valence-electron chi connectivity index (χ1n) is 14.2. The van der Waals surface area contributed by atoms with E-state index < -0.39 is 63.8 Å². The van der Waals surface area contributed by atoms with Crippen LogP contribution in [0.25, 0.3) is 5.76 Å². The molecule has 1 aromatic rings. The third-order valence-corrected chi connectivity index (χ3v) is 9.30. The van der Waals surface area contributed by atoms with Crippen molar-refractivity contribution in [3.8, 4) is 5.75 Å². The van der Waals surface area contributed by atoms with Crippen molar-refractivity contribution in [3.05, 3.63) is 39.7 Å². The molecule has 4 aliphatic rings. The highest BCUT2D eigenvalue weighted by Crippen LogP contribution is 2.54. The number of likely N-dealkylation sites (tertiary alicyclic amines) is 1. The Morgan fingerprint density at radius 1 is 1.02 bits per heavy atom. The summed E-state index contributed by atoms with van der Waals surface area (Å²) in [6, 6.07) is 0.443. The van der Waals surface area contributed by atoms with E-state index in [0.717, 1.165) is 25.7 Å². The van der Waals surface area contributed by atoms with E-state index in [1.165, 1.54) is 4.90 Å². The Hall–Kier alpha value is -3.90. The molecule has 0 radical (unpaired) electrons. The van der Waals surface area contributed by atoms with E-state index >= 15 is 0 Å². The molecule has 2 amide bonds. The Morgan fingerprint density at radius 2 is 1.64 bits per heavy atom. The number of aliphatic hydroxyl groups excluding tert-OH is 2. The van der Waals surface area contributed by atoms with Crippen molar-refractivity contribution in [2.45, 2.75) is 50.2 Å². The van der Waals surface area contributed by atoms with Crippen LogP contribution in [0.15, 0.2) is 23.0 Å². The van der Waals surface area contributed by atoms with Gasteiger partial charge in [0.1, 0.15) is 22.8 Å². The molecule has 0 aromatic heterocycles. The number of phenols is 1. The van der Waals surface area contributed by atoms with Crippen molar-refractivity contribution in [3.63, 3.8) is 0 Å². The predicted octanol–water partition coefficient (Wildman–Crippen LogP) is 1.05. The molecule has 1 heterocycles. The van der Waals surface area contributed by atoms with Crippen LogP contribution >= 0.6 is 0 Å². The minimum atomic E-state index is -2.72. The molecule has 12 heteroatoms. The Balaban J connectivity index is 1.71. The molecule has 1 saturated heterocycles. The summed E-state index contributed by atoms with van der Waals surface area (Å²) < 4.78 is 0. The van der Waals surface area contributed by atoms with Crippen LogP contribution in [0.1, 0.15) is 53.6 Å². The lowest BCUT2D eigenvalue weighted by Crippen LogP contribution is -2.65. The number of ketones is 2. The highest BCUT2D eigenvalue weighted by Gasteiger charge is 2.64. The van der Waals surface area contributed by atoms with Crippen molar-refractivity contribution < 1.29 is 39.6 Å². The summed E-state index contributed by atoms with van der Waals surface area (Å²) in [5, 5.41) is 46.0. The zero-order valence-electron chi connectivity index (χ0n) is 24.3. The minimum Gasteiger partial charge on any atom is -0.508 e. The number of aromatic hydroxyl groups is 1. The van der Waals surface area contributed by atoms with Crippen LogP contribution in [0.5, 0.6) is 5.75 Å². The average molecular weight is 583 g/mol. The SMILES string of the molecule is CN(C)c1cc(C(=O)N2CCCCCC2)c(O)c2c1C[C@H]1C[C@H]3[C@H](N(C)C)C(=O)C(C(N)=O)=C(O)[C@@]3(O)C(=O)C1=C2O. The largest absolute Gasteiger partial charge is 0.508 e. The monoisotopic (exact) mass is 582 g/mol. The van der Waals surface area contributed by atoms with Crippen LogP contribution in [0.2, 0.25) is 0 Å². The van der Waals surface area contributed by atoms with E-state index in [1.807, 2.05) is 0 Å². The maximum atomic E-state index is 14.1. The van der Waals surface area contributed by atoms with Gasteiger partial charge in [0.25, 0.3) is 11.8 Å². The summed E-state index contributed by atoms with van der Waals surface area (Å²) in [4.78, 5) is 58.1. The molecule has 12 nitrogen and oxygen atoms in total. The van der Waals surface area contributed by atoms with Gasteiger partial charge in [0.05, 0.1) is 17.2 Å². The molecule has 0 spiro atoms. The maximum absolute atomic E-state index is 14.1. The molecule has 1 aliphatic heterocycles. The number of hydrogen-bond donors (Lipinski definition) is 5. The van der Waals surface area contributed by atoms with E-state index in [0.29, 0.717) is 24.3 Å². The molecule has 42 heavy (non-hydrogen) atoms. The lowest BCUT2D eigenvalue weighted by molar-refractivity contribution is -0.153. The molecule has 2 fully saturated rings. The second kappa shape index (κ2) is 10.4. The molecule has 0 unspecified atom stereocenters. The number of carbonyl (C=O) groups is 4. The fraction of sp³-hybridized carbons (Fsp3) is 0.533. The highest BCUT2D eigenvalue weighted by atomic mass is 16.3. The molecule has 3 aliphatic carbocycles. The Morgan fingerprint density at radius 3 is 2.19 bits per heavy atom. The van der Waals surface area contributed by atoms with Gasteiger partial charge in [-0.2, -0.15) is 0 Å². The van der Waals surface area contributed by atoms with Crippen LogP contribution in [0.4, 0.5) is 5.69 Å². The lowest BCUT2D eigenvalue weighted by atomic mass is 9.57. The smallest absolute Gasteiger partial charge is 0.257 e. The van der Waals surface area contributed by atoms with Crippen molar-refractivity contribution in [2.24, 2.45) is 17.6 Å². The number of primary amides is 1. The van der Waals surface area contributed by atoms with Gasteiger partial charge in [-0.1, -0.05) is 12.8 Å². The normalized spacial score (nSPS) is 27.9. The van der Waals surface area contributed by atoms with Crippen LogP contribution in [0, 0.1) is 11.8 Å². The Kier molecular flexibility index (Phi) is 7.34.